The summed E-state index contributed by atoms with van der Waals surface area (Å²) in [4.78, 5) is 18.3. The Hall–Kier alpha value is -1.81. The van der Waals surface area contributed by atoms with Crippen LogP contribution in [-0.2, 0) is 4.79 Å². The van der Waals surface area contributed by atoms with Crippen LogP contribution in [0, 0.1) is 13.8 Å². The van der Waals surface area contributed by atoms with Gasteiger partial charge in [-0.1, -0.05) is 23.8 Å². The molecule has 1 aliphatic heterocycles. The topological polar surface area (TPSA) is 33.2 Å². The molecule has 4 heteroatoms. The Kier molecular flexibility index (Phi) is 3.49. The van der Waals surface area contributed by atoms with Gasteiger partial charge >= 0.3 is 0 Å². The molecule has 3 nitrogen and oxygen atoms in total. The zero-order chi connectivity index (χ0) is 14.1. The average molecular weight is 284 g/mol. The Balaban J connectivity index is 2.03. The molecule has 1 aromatic heterocycles. The standard InChI is InChI=1S/C16H16N2OS/c1-11-5-6-14(12(2)8-11)18-15(19)10-20-16(18)13-4-3-7-17-9-13/h3-9,16H,10H2,1-2H3. The Morgan fingerprint density at radius 1 is 1.30 bits per heavy atom. The third-order valence-electron chi connectivity index (χ3n) is 3.45. The van der Waals surface area contributed by atoms with E-state index in [1.54, 1.807) is 18.0 Å². The molecule has 0 spiro atoms. The van der Waals surface area contributed by atoms with Crippen molar-refractivity contribution in [2.24, 2.45) is 0 Å². The van der Waals surface area contributed by atoms with Gasteiger partial charge in [-0.3, -0.25) is 14.7 Å². The van der Waals surface area contributed by atoms with Crippen molar-refractivity contribution in [2.75, 3.05) is 10.7 Å². The van der Waals surface area contributed by atoms with Gasteiger partial charge in [-0.05, 0) is 31.5 Å². The van der Waals surface area contributed by atoms with Crippen molar-refractivity contribution >= 4 is 23.4 Å². The number of thioether (sulfide) groups is 1. The van der Waals surface area contributed by atoms with E-state index in [1.807, 2.05) is 29.3 Å². The number of amides is 1. The zero-order valence-electron chi connectivity index (χ0n) is 11.5. The van der Waals surface area contributed by atoms with E-state index in [0.717, 1.165) is 16.8 Å². The smallest absolute Gasteiger partial charge is 0.238 e. The Bertz CT molecular complexity index is 642. The highest BCUT2D eigenvalue weighted by atomic mass is 32.2. The second kappa shape index (κ2) is 5.29. The van der Waals surface area contributed by atoms with Gasteiger partial charge in [0.25, 0.3) is 0 Å². The summed E-state index contributed by atoms with van der Waals surface area (Å²) in [6.07, 6.45) is 3.60. The monoisotopic (exact) mass is 284 g/mol. The van der Waals surface area contributed by atoms with Gasteiger partial charge in [-0.25, -0.2) is 0 Å². The maximum atomic E-state index is 12.3. The quantitative estimate of drug-likeness (QED) is 0.846. The van der Waals surface area contributed by atoms with Gasteiger partial charge in [0.1, 0.15) is 5.37 Å². The molecular formula is C16H16N2OS. The number of benzene rings is 1. The molecule has 20 heavy (non-hydrogen) atoms. The number of carbonyl (C=O) groups is 1. The lowest BCUT2D eigenvalue weighted by molar-refractivity contribution is -0.115. The van der Waals surface area contributed by atoms with Crippen molar-refractivity contribution in [1.29, 1.82) is 0 Å². The maximum Gasteiger partial charge on any atom is 0.238 e. The van der Waals surface area contributed by atoms with Crippen molar-refractivity contribution < 1.29 is 4.79 Å². The first-order valence-corrected chi connectivity index (χ1v) is 7.62. The minimum atomic E-state index is 0.0256. The summed E-state index contributed by atoms with van der Waals surface area (Å²) < 4.78 is 0. The highest BCUT2D eigenvalue weighted by Gasteiger charge is 2.34. The van der Waals surface area contributed by atoms with Gasteiger partial charge in [-0.2, -0.15) is 0 Å². The molecule has 0 saturated carbocycles. The van der Waals surface area contributed by atoms with E-state index >= 15 is 0 Å². The van der Waals surface area contributed by atoms with Crippen LogP contribution in [0.1, 0.15) is 22.1 Å². The summed E-state index contributed by atoms with van der Waals surface area (Å²) in [5, 5.41) is 0.0256. The fraction of sp³-hybridized carbons (Fsp3) is 0.250. The molecule has 0 bridgehead atoms. The van der Waals surface area contributed by atoms with Gasteiger partial charge < -0.3 is 0 Å². The first kappa shape index (κ1) is 13.2. The molecule has 102 valence electrons. The third-order valence-corrected chi connectivity index (χ3v) is 4.66. The molecule has 1 fully saturated rings. The zero-order valence-corrected chi connectivity index (χ0v) is 12.4. The van der Waals surface area contributed by atoms with Crippen molar-refractivity contribution in [2.45, 2.75) is 19.2 Å². The van der Waals surface area contributed by atoms with Crippen LogP contribution in [0.2, 0.25) is 0 Å². The molecule has 1 aromatic carbocycles. The molecule has 0 N–H and O–H groups in total. The molecular weight excluding hydrogens is 268 g/mol. The number of hydrogen-bond donors (Lipinski definition) is 0. The minimum absolute atomic E-state index is 0.0256. The van der Waals surface area contributed by atoms with E-state index in [4.69, 9.17) is 0 Å². The lowest BCUT2D eigenvalue weighted by Crippen LogP contribution is -2.28. The van der Waals surface area contributed by atoms with Crippen LogP contribution < -0.4 is 4.90 Å². The second-order valence-corrected chi connectivity index (χ2v) is 6.07. The van der Waals surface area contributed by atoms with Gasteiger partial charge in [0.2, 0.25) is 5.91 Å². The number of aromatic nitrogens is 1. The van der Waals surface area contributed by atoms with Crippen molar-refractivity contribution in [1.82, 2.24) is 4.98 Å². The lowest BCUT2D eigenvalue weighted by Gasteiger charge is -2.25. The van der Waals surface area contributed by atoms with Crippen molar-refractivity contribution in [3.05, 3.63) is 59.4 Å². The van der Waals surface area contributed by atoms with Crippen LogP contribution >= 0.6 is 11.8 Å². The lowest BCUT2D eigenvalue weighted by atomic mass is 10.1. The molecule has 1 amide bonds. The maximum absolute atomic E-state index is 12.3. The van der Waals surface area contributed by atoms with Crippen LogP contribution in [0.5, 0.6) is 0 Å². The molecule has 2 aromatic rings. The number of carbonyl (C=O) groups excluding carboxylic acids is 1. The third kappa shape index (κ3) is 2.31. The largest absolute Gasteiger partial charge is 0.295 e. The Morgan fingerprint density at radius 3 is 2.85 bits per heavy atom. The predicted molar refractivity (Wildman–Crippen MR) is 82.8 cm³/mol. The van der Waals surface area contributed by atoms with Crippen LogP contribution in [-0.4, -0.2) is 16.6 Å². The van der Waals surface area contributed by atoms with E-state index < -0.39 is 0 Å². The number of pyridine rings is 1. The van der Waals surface area contributed by atoms with Crippen LogP contribution in [0.15, 0.2) is 42.7 Å². The first-order valence-electron chi connectivity index (χ1n) is 6.57. The van der Waals surface area contributed by atoms with Gasteiger partial charge in [-0.15, -0.1) is 11.8 Å². The second-order valence-electron chi connectivity index (χ2n) is 5.00. The number of hydrogen-bond acceptors (Lipinski definition) is 3. The van der Waals surface area contributed by atoms with Crippen LogP contribution in [0.4, 0.5) is 5.69 Å². The summed E-state index contributed by atoms with van der Waals surface area (Å²) in [6.45, 7) is 4.12. The molecule has 0 aliphatic carbocycles. The van der Waals surface area contributed by atoms with E-state index in [0.29, 0.717) is 5.75 Å². The first-order chi connectivity index (χ1) is 9.66. The van der Waals surface area contributed by atoms with Crippen molar-refractivity contribution in [3.63, 3.8) is 0 Å². The average Bonchev–Trinajstić information content (AvgIpc) is 2.82. The van der Waals surface area contributed by atoms with E-state index in [1.165, 1.54) is 5.56 Å². The van der Waals surface area contributed by atoms with Gasteiger partial charge in [0.05, 0.1) is 5.75 Å². The molecule has 1 atom stereocenters. The molecule has 2 heterocycles. The highest BCUT2D eigenvalue weighted by molar-refractivity contribution is 8.00. The number of nitrogens with zero attached hydrogens (tertiary/aromatic N) is 2. The number of anilines is 1. The molecule has 1 saturated heterocycles. The van der Waals surface area contributed by atoms with Crippen LogP contribution in [0.25, 0.3) is 0 Å². The summed E-state index contributed by atoms with van der Waals surface area (Å²) in [7, 11) is 0. The van der Waals surface area contributed by atoms with Crippen LogP contribution in [0.3, 0.4) is 0 Å². The summed E-state index contributed by atoms with van der Waals surface area (Å²) in [6, 6.07) is 10.2. The van der Waals surface area contributed by atoms with E-state index in [2.05, 4.69) is 31.0 Å². The van der Waals surface area contributed by atoms with Gasteiger partial charge in [0.15, 0.2) is 0 Å². The molecule has 1 aliphatic rings. The number of rotatable bonds is 2. The SMILES string of the molecule is Cc1ccc(N2C(=O)CSC2c2cccnc2)c(C)c1. The molecule has 1 unspecified atom stereocenters. The molecule has 0 radical (unpaired) electrons. The fourth-order valence-electron chi connectivity index (χ4n) is 2.53. The van der Waals surface area contributed by atoms with E-state index in [9.17, 15) is 4.79 Å². The minimum Gasteiger partial charge on any atom is -0.295 e. The number of aryl methyl sites for hydroxylation is 2. The summed E-state index contributed by atoms with van der Waals surface area (Å²) in [5.74, 6) is 0.683. The van der Waals surface area contributed by atoms with E-state index in [-0.39, 0.29) is 11.3 Å². The predicted octanol–water partition coefficient (Wildman–Crippen LogP) is 3.48. The van der Waals surface area contributed by atoms with Gasteiger partial charge in [0, 0.05) is 23.6 Å². The summed E-state index contributed by atoms with van der Waals surface area (Å²) in [5.41, 5.74) is 4.42. The highest BCUT2D eigenvalue weighted by Crippen LogP contribution is 2.42. The Morgan fingerprint density at radius 2 is 2.15 bits per heavy atom. The molecule has 3 rings (SSSR count). The summed E-state index contributed by atoms with van der Waals surface area (Å²) >= 11 is 1.66. The normalized spacial score (nSPS) is 18.6. The van der Waals surface area contributed by atoms with Crippen molar-refractivity contribution in [3.8, 4) is 0 Å². The fourth-order valence-corrected chi connectivity index (χ4v) is 3.68. The Labute approximate surface area is 123 Å².